The van der Waals surface area contributed by atoms with Crippen LogP contribution in [0.3, 0.4) is 0 Å². The van der Waals surface area contributed by atoms with Gasteiger partial charge in [-0.05, 0) is 26.0 Å². The van der Waals surface area contributed by atoms with Gasteiger partial charge in [0.25, 0.3) is 0 Å². The Bertz CT molecular complexity index is 638. The lowest BCUT2D eigenvalue weighted by molar-refractivity contribution is -0.136. The zero-order chi connectivity index (χ0) is 16.4. The van der Waals surface area contributed by atoms with Crippen molar-refractivity contribution >= 4 is 35.2 Å². The standard InChI is InChI=1S/C15H16Cl2N2O3/c1-4-19-8(2)11(14(20)22-3)13(18-15(19)21)12-9(16)6-5-7-10(12)17/h5-7,13H,4H2,1-3H3,(H,18,21)/t13-/m0/s1. The molecule has 0 unspecified atom stereocenters. The summed E-state index contributed by atoms with van der Waals surface area (Å²) in [6.07, 6.45) is 0. The molecule has 0 saturated heterocycles. The van der Waals surface area contributed by atoms with Gasteiger partial charge in [0.05, 0.1) is 18.7 Å². The van der Waals surface area contributed by atoms with Crippen LogP contribution in [0.15, 0.2) is 29.5 Å². The maximum absolute atomic E-state index is 12.2. The van der Waals surface area contributed by atoms with E-state index in [1.165, 1.54) is 12.0 Å². The molecule has 0 aliphatic carbocycles. The van der Waals surface area contributed by atoms with Gasteiger partial charge in [-0.2, -0.15) is 0 Å². The molecule has 1 aromatic carbocycles. The van der Waals surface area contributed by atoms with Gasteiger partial charge in [0, 0.05) is 27.9 Å². The summed E-state index contributed by atoms with van der Waals surface area (Å²) >= 11 is 12.4. The highest BCUT2D eigenvalue weighted by molar-refractivity contribution is 6.36. The van der Waals surface area contributed by atoms with Gasteiger partial charge in [-0.15, -0.1) is 0 Å². The predicted octanol–water partition coefficient (Wildman–Crippen LogP) is 3.53. The molecule has 1 atom stereocenters. The van der Waals surface area contributed by atoms with Gasteiger partial charge in [0.15, 0.2) is 0 Å². The summed E-state index contributed by atoms with van der Waals surface area (Å²) in [6, 6.07) is 3.96. The highest BCUT2D eigenvalue weighted by Gasteiger charge is 2.37. The molecule has 2 amide bonds. The molecule has 0 saturated carbocycles. The molecular weight excluding hydrogens is 327 g/mol. The van der Waals surface area contributed by atoms with Crippen LogP contribution in [0, 0.1) is 0 Å². The Labute approximate surface area is 138 Å². The van der Waals surface area contributed by atoms with Crippen molar-refractivity contribution in [2.75, 3.05) is 13.7 Å². The molecule has 1 aliphatic heterocycles. The predicted molar refractivity (Wildman–Crippen MR) is 84.8 cm³/mol. The summed E-state index contributed by atoms with van der Waals surface area (Å²) in [5.74, 6) is -0.531. The minimum Gasteiger partial charge on any atom is -0.466 e. The van der Waals surface area contributed by atoms with Crippen LogP contribution >= 0.6 is 23.2 Å². The number of methoxy groups -OCH3 is 1. The first-order valence-electron chi connectivity index (χ1n) is 6.73. The normalized spacial score (nSPS) is 18.3. The van der Waals surface area contributed by atoms with Crippen LogP contribution in [0.1, 0.15) is 25.5 Å². The van der Waals surface area contributed by atoms with E-state index in [-0.39, 0.29) is 6.03 Å². The topological polar surface area (TPSA) is 58.6 Å². The number of urea groups is 1. The lowest BCUT2D eigenvalue weighted by Crippen LogP contribution is -2.48. The number of halogens is 2. The highest BCUT2D eigenvalue weighted by Crippen LogP contribution is 2.38. The van der Waals surface area contributed by atoms with Gasteiger partial charge in [0.1, 0.15) is 0 Å². The smallest absolute Gasteiger partial charge is 0.337 e. The molecule has 1 heterocycles. The maximum Gasteiger partial charge on any atom is 0.337 e. The Morgan fingerprint density at radius 3 is 2.45 bits per heavy atom. The minimum atomic E-state index is -0.746. The van der Waals surface area contributed by atoms with E-state index in [2.05, 4.69) is 5.32 Å². The van der Waals surface area contributed by atoms with Gasteiger partial charge in [0.2, 0.25) is 0 Å². The van der Waals surface area contributed by atoms with Crippen LogP contribution in [0.4, 0.5) is 4.79 Å². The summed E-state index contributed by atoms with van der Waals surface area (Å²) in [5.41, 5.74) is 1.33. The van der Waals surface area contributed by atoms with Gasteiger partial charge in [-0.1, -0.05) is 29.3 Å². The molecule has 1 aromatic rings. The second-order valence-corrected chi connectivity index (χ2v) is 5.57. The third-order valence-corrected chi connectivity index (χ3v) is 4.27. The lowest BCUT2D eigenvalue weighted by Gasteiger charge is -2.35. The molecule has 5 nitrogen and oxygen atoms in total. The molecule has 22 heavy (non-hydrogen) atoms. The number of nitrogens with one attached hydrogen (secondary N) is 1. The van der Waals surface area contributed by atoms with Gasteiger partial charge >= 0.3 is 12.0 Å². The van der Waals surface area contributed by atoms with E-state index in [0.717, 1.165) is 0 Å². The van der Waals surface area contributed by atoms with E-state index in [4.69, 9.17) is 27.9 Å². The number of nitrogens with zero attached hydrogens (tertiary/aromatic N) is 1. The zero-order valence-electron chi connectivity index (χ0n) is 12.4. The van der Waals surface area contributed by atoms with Gasteiger partial charge in [-0.3, -0.25) is 4.90 Å². The van der Waals surface area contributed by atoms with Crippen molar-refractivity contribution in [3.05, 3.63) is 45.1 Å². The van der Waals surface area contributed by atoms with Gasteiger partial charge < -0.3 is 10.1 Å². The highest BCUT2D eigenvalue weighted by atomic mass is 35.5. The largest absolute Gasteiger partial charge is 0.466 e. The number of amides is 2. The van der Waals surface area contributed by atoms with Crippen LogP contribution < -0.4 is 5.32 Å². The van der Waals surface area contributed by atoms with E-state index < -0.39 is 12.0 Å². The third-order valence-electron chi connectivity index (χ3n) is 3.61. The van der Waals surface area contributed by atoms with Crippen LogP contribution in [-0.2, 0) is 9.53 Å². The molecule has 7 heteroatoms. The second kappa shape index (κ2) is 6.58. The molecule has 0 fully saturated rings. The molecule has 0 aromatic heterocycles. The summed E-state index contributed by atoms with van der Waals surface area (Å²) in [6.45, 7) is 3.95. The maximum atomic E-state index is 12.2. The van der Waals surface area contributed by atoms with Crippen LogP contribution in [0.5, 0.6) is 0 Å². The van der Waals surface area contributed by atoms with E-state index in [9.17, 15) is 9.59 Å². The molecular formula is C15H16Cl2N2O3. The van der Waals surface area contributed by atoms with Crippen molar-refractivity contribution in [3.63, 3.8) is 0 Å². The number of carbonyl (C=O) groups is 2. The quantitative estimate of drug-likeness (QED) is 0.855. The van der Waals surface area contributed by atoms with E-state index in [1.54, 1.807) is 25.1 Å². The SMILES string of the molecule is CCN1C(=O)N[C@H](c2c(Cl)cccc2Cl)C(C(=O)OC)=C1C. The Balaban J connectivity index is 2.66. The minimum absolute atomic E-state index is 0.311. The Hall–Kier alpha value is -1.72. The Morgan fingerprint density at radius 2 is 1.95 bits per heavy atom. The molecule has 1 N–H and O–H groups in total. The molecule has 0 bridgehead atoms. The van der Waals surface area contributed by atoms with Crippen molar-refractivity contribution in [3.8, 4) is 0 Å². The first-order valence-corrected chi connectivity index (χ1v) is 7.49. The number of benzene rings is 1. The molecule has 2 rings (SSSR count). The molecule has 0 radical (unpaired) electrons. The summed E-state index contributed by atoms with van der Waals surface area (Å²) in [5, 5.41) is 3.51. The average Bonchev–Trinajstić information content (AvgIpc) is 2.46. The fourth-order valence-corrected chi connectivity index (χ4v) is 3.16. The number of ether oxygens (including phenoxy) is 1. The number of carbonyl (C=O) groups excluding carboxylic acids is 2. The molecule has 118 valence electrons. The van der Waals surface area contributed by atoms with Crippen LogP contribution in [-0.4, -0.2) is 30.6 Å². The van der Waals surface area contributed by atoms with Gasteiger partial charge in [-0.25, -0.2) is 9.59 Å². The molecule has 1 aliphatic rings. The number of allylic oxidation sites excluding steroid dienone is 1. The Morgan fingerprint density at radius 1 is 1.36 bits per heavy atom. The monoisotopic (exact) mass is 342 g/mol. The third kappa shape index (κ3) is 2.78. The summed E-state index contributed by atoms with van der Waals surface area (Å²) < 4.78 is 4.86. The van der Waals surface area contributed by atoms with E-state index in [0.29, 0.717) is 33.4 Å². The van der Waals surface area contributed by atoms with E-state index >= 15 is 0 Å². The number of esters is 1. The first kappa shape index (κ1) is 16.6. The first-order chi connectivity index (χ1) is 10.4. The van der Waals surface area contributed by atoms with Crippen molar-refractivity contribution < 1.29 is 14.3 Å². The zero-order valence-corrected chi connectivity index (χ0v) is 14.0. The van der Waals surface area contributed by atoms with Crippen LogP contribution in [0.2, 0.25) is 10.0 Å². The van der Waals surface area contributed by atoms with Crippen molar-refractivity contribution in [1.29, 1.82) is 0 Å². The van der Waals surface area contributed by atoms with Crippen molar-refractivity contribution in [2.45, 2.75) is 19.9 Å². The van der Waals surface area contributed by atoms with Crippen LogP contribution in [0.25, 0.3) is 0 Å². The fraction of sp³-hybridized carbons (Fsp3) is 0.333. The summed E-state index contributed by atoms with van der Waals surface area (Å²) in [7, 11) is 1.29. The number of hydrogen-bond donors (Lipinski definition) is 1. The lowest BCUT2D eigenvalue weighted by atomic mass is 9.94. The average molecular weight is 343 g/mol. The number of rotatable bonds is 3. The summed E-state index contributed by atoms with van der Waals surface area (Å²) in [4.78, 5) is 25.9. The number of hydrogen-bond acceptors (Lipinski definition) is 3. The Kier molecular flexibility index (Phi) is 4.98. The molecule has 0 spiro atoms. The second-order valence-electron chi connectivity index (χ2n) is 4.75. The van der Waals surface area contributed by atoms with Crippen molar-refractivity contribution in [1.82, 2.24) is 10.2 Å². The van der Waals surface area contributed by atoms with E-state index in [1.807, 2.05) is 6.92 Å². The van der Waals surface area contributed by atoms with Crippen molar-refractivity contribution in [2.24, 2.45) is 0 Å². The fourth-order valence-electron chi connectivity index (χ4n) is 2.54.